The number of aliphatic hydroxyl groups excluding tert-OH is 7. The van der Waals surface area contributed by atoms with Crippen molar-refractivity contribution in [2.45, 2.75) is 111 Å². The Morgan fingerprint density at radius 1 is 0.227 bits per heavy atom. The molecule has 0 bridgehead atoms. The van der Waals surface area contributed by atoms with Gasteiger partial charge in [0.25, 0.3) is 0 Å². The van der Waals surface area contributed by atoms with E-state index in [2.05, 4.69) is 0 Å². The number of halogens is 1. The lowest BCUT2D eigenvalue weighted by atomic mass is 9.85. The molecule has 16 atom stereocenters. The van der Waals surface area contributed by atoms with Crippen LogP contribution in [0.25, 0.3) is 0 Å². The van der Waals surface area contributed by atoms with E-state index in [0.717, 1.165) is 85.5 Å². The molecule has 0 saturated carbocycles. The van der Waals surface area contributed by atoms with Gasteiger partial charge in [0, 0.05) is 5.41 Å². The maximum Gasteiger partial charge on any atom is 0.104 e. The van der Waals surface area contributed by atoms with Gasteiger partial charge in [-0.1, -0.05) is 0 Å². The van der Waals surface area contributed by atoms with Crippen LogP contribution in [-0.4, -0.2) is 463 Å². The van der Waals surface area contributed by atoms with Crippen LogP contribution in [0, 0.1) is 27.1 Å². The summed E-state index contributed by atoms with van der Waals surface area (Å²) in [6, 6.07) is 0. The Kier molecular flexibility index (Phi) is 41.0. The average Bonchev–Trinajstić information content (AvgIpc) is 1.64. The Morgan fingerprint density at radius 2 is 0.400 bits per heavy atom. The van der Waals surface area contributed by atoms with Crippen molar-refractivity contribution in [3.8, 4) is 0 Å². The number of hydrogen-bond donors (Lipinski definition) is 7. The molecule has 16 unspecified atom stereocenters. The summed E-state index contributed by atoms with van der Waals surface area (Å²) in [6.07, 6.45) is 2.85. The summed E-state index contributed by atoms with van der Waals surface area (Å²) in [5, 5.41) is 65.0. The van der Waals surface area contributed by atoms with E-state index in [1.165, 1.54) is 0 Å². The number of ether oxygens (including phenoxy) is 29. The van der Waals surface area contributed by atoms with Gasteiger partial charge in [-0.05, 0) is 12.8 Å². The highest BCUT2D eigenvalue weighted by atomic mass is 35.5. The molecule has 7 N–H and O–H groups in total. The lowest BCUT2D eigenvalue weighted by molar-refractivity contribution is -0.123. The highest BCUT2D eigenvalue weighted by Gasteiger charge is 2.42. The first-order valence-corrected chi connectivity index (χ1v) is 39.5. The van der Waals surface area contributed by atoms with Crippen molar-refractivity contribution in [2.75, 3.05) is 330 Å². The topological polar surface area (TPSA) is 455 Å². The van der Waals surface area contributed by atoms with Gasteiger partial charge in [-0.2, -0.15) is 0 Å². The predicted octanol–water partition coefficient (Wildman–Crippen LogP) is -3.60. The summed E-state index contributed by atoms with van der Waals surface area (Å²) >= 11 is 5.27. The molecular weight excluding hydrogens is 1490 g/mol. The molecule has 110 heavy (non-hydrogen) atoms. The molecule has 14 saturated heterocycles. The third-order valence-corrected chi connectivity index (χ3v) is 19.4. The van der Waals surface area contributed by atoms with Gasteiger partial charge in [-0.3, -0.25) is 0 Å². The van der Waals surface area contributed by atoms with Crippen LogP contribution in [-0.2, 0) is 137 Å². The van der Waals surface area contributed by atoms with Crippen molar-refractivity contribution in [2.24, 2.45) is 27.1 Å². The molecule has 14 rings (SSSR count). The molecule has 14 heterocycles. The third kappa shape index (κ3) is 42.5. The fourth-order valence-corrected chi connectivity index (χ4v) is 10.6. The van der Waals surface area contributed by atoms with Crippen molar-refractivity contribution in [3.05, 3.63) is 0 Å². The second-order valence-corrected chi connectivity index (χ2v) is 31.7. The Balaban J connectivity index is 0.000000176. The summed E-state index contributed by atoms with van der Waals surface area (Å²) in [7, 11) is 0. The van der Waals surface area contributed by atoms with Crippen molar-refractivity contribution in [3.63, 3.8) is 0 Å². The first-order chi connectivity index (χ1) is 53.7. The van der Waals surface area contributed by atoms with E-state index >= 15 is 0 Å². The summed E-state index contributed by atoms with van der Waals surface area (Å²) < 4.78 is 161. The van der Waals surface area contributed by atoms with E-state index in [1.54, 1.807) is 0 Å². The average molecular weight is 1620 g/mol. The minimum absolute atomic E-state index is 0.000181. The Morgan fingerprint density at radius 3 is 0.573 bits per heavy atom. The minimum Gasteiger partial charge on any atom is -0.396 e. The van der Waals surface area contributed by atoms with E-state index < -0.39 is 60.3 Å². The summed E-state index contributed by atoms with van der Waals surface area (Å²) in [5.41, 5.74) is -3.00. The normalized spacial score (nSPS) is 30.8. The lowest BCUT2D eigenvalue weighted by Gasteiger charge is -2.33. The first kappa shape index (κ1) is 91.2. The molecular formula is C73H127ClO36. The van der Waals surface area contributed by atoms with Gasteiger partial charge >= 0.3 is 0 Å². The number of aliphatic hydroxyl groups is 7. The Labute approximate surface area is 649 Å². The van der Waals surface area contributed by atoms with Gasteiger partial charge in [0.05, 0.1) is 363 Å². The molecule has 0 aliphatic carbocycles. The minimum atomic E-state index is -1.11. The molecule has 14 aliphatic heterocycles. The van der Waals surface area contributed by atoms with E-state index in [-0.39, 0.29) is 124 Å². The highest BCUT2D eigenvalue weighted by Crippen LogP contribution is 2.33. The molecule has 0 spiro atoms. The monoisotopic (exact) mass is 1610 g/mol. The zero-order chi connectivity index (χ0) is 77.0. The zero-order valence-electron chi connectivity index (χ0n) is 63.9. The van der Waals surface area contributed by atoms with Gasteiger partial charge in [-0.15, -0.1) is 11.6 Å². The maximum atomic E-state index is 10.6. The Hall–Kier alpha value is -1.15. The smallest absolute Gasteiger partial charge is 0.104 e. The lowest BCUT2D eigenvalue weighted by Crippen LogP contribution is -2.43. The largest absolute Gasteiger partial charge is 0.396 e. The van der Waals surface area contributed by atoms with E-state index in [1.807, 2.05) is 0 Å². The number of hydrogen-bond acceptors (Lipinski definition) is 36. The van der Waals surface area contributed by atoms with E-state index in [4.69, 9.17) is 169 Å². The molecule has 0 aromatic carbocycles. The quantitative estimate of drug-likeness (QED) is 0.0228. The van der Waals surface area contributed by atoms with E-state index in [0.29, 0.717) is 197 Å². The molecule has 0 aromatic heterocycles. The SMILES string of the molecule is C(OCC(COCC1CO1)(COCC1CO1)COCC1CO1)C1CO1.ClCC1CO1.OC(COCC(O)COCC(COCC1CO1)(COCC1CO1)COCC1CO1)COCC(CCC1CO1)(COCC1CO1)COCC1CO1.OCC(CO)(CO)CO.OCC(COCC1CO1)(COCC1CO1)COCC1CO1. The maximum absolute atomic E-state index is 10.6. The van der Waals surface area contributed by atoms with Gasteiger partial charge < -0.3 is 173 Å². The van der Waals surface area contributed by atoms with Gasteiger partial charge in [0.1, 0.15) is 85.5 Å². The molecule has 0 aromatic rings. The van der Waals surface area contributed by atoms with Gasteiger partial charge in [-0.25, -0.2) is 0 Å². The number of epoxide rings is 14. The van der Waals surface area contributed by atoms with Crippen molar-refractivity contribution in [1.82, 2.24) is 0 Å². The second kappa shape index (κ2) is 49.4. The number of rotatable bonds is 69. The van der Waals surface area contributed by atoms with Crippen LogP contribution in [0.15, 0.2) is 0 Å². The molecule has 37 heteroatoms. The van der Waals surface area contributed by atoms with Crippen LogP contribution in [0.4, 0.5) is 0 Å². The zero-order valence-corrected chi connectivity index (χ0v) is 64.6. The van der Waals surface area contributed by atoms with Crippen molar-refractivity contribution >= 4 is 11.6 Å². The van der Waals surface area contributed by atoms with Gasteiger partial charge in [0.15, 0.2) is 0 Å². The van der Waals surface area contributed by atoms with Crippen molar-refractivity contribution in [1.29, 1.82) is 0 Å². The predicted molar refractivity (Wildman–Crippen MR) is 378 cm³/mol. The van der Waals surface area contributed by atoms with Gasteiger partial charge in [0.2, 0.25) is 0 Å². The van der Waals surface area contributed by atoms with Crippen LogP contribution < -0.4 is 0 Å². The molecule has 0 amide bonds. The molecule has 14 aliphatic rings. The summed E-state index contributed by atoms with van der Waals surface area (Å²) in [5.74, 6) is 0.667. The molecule has 642 valence electrons. The second-order valence-electron chi connectivity index (χ2n) is 31.4. The molecule has 0 radical (unpaired) electrons. The van der Waals surface area contributed by atoms with Crippen LogP contribution in [0.2, 0.25) is 0 Å². The van der Waals surface area contributed by atoms with Crippen LogP contribution in [0.3, 0.4) is 0 Å². The van der Waals surface area contributed by atoms with E-state index in [9.17, 15) is 15.3 Å². The fraction of sp³-hybridized carbons (Fsp3) is 1.00. The first-order valence-electron chi connectivity index (χ1n) is 39.0. The fourth-order valence-electron chi connectivity index (χ4n) is 10.4. The molecule has 14 fully saturated rings. The summed E-state index contributed by atoms with van der Waals surface area (Å²) in [4.78, 5) is 0. The van der Waals surface area contributed by atoms with Crippen LogP contribution >= 0.6 is 11.6 Å². The number of alkyl halides is 1. The third-order valence-electron chi connectivity index (χ3n) is 19.1. The van der Waals surface area contributed by atoms with Crippen LogP contribution in [0.1, 0.15) is 12.8 Å². The van der Waals surface area contributed by atoms with Crippen molar-refractivity contribution < 1.29 is 173 Å². The summed E-state index contributed by atoms with van der Waals surface area (Å²) in [6.45, 7) is 21.4. The van der Waals surface area contributed by atoms with Crippen LogP contribution in [0.5, 0.6) is 0 Å². The molecule has 36 nitrogen and oxygen atoms in total. The Bertz CT molecular complexity index is 2160. The highest BCUT2D eigenvalue weighted by molar-refractivity contribution is 6.18. The standard InChI is InChI=1S/C34H58O16.C17H28O8.C14H24O7.C5H12O4.C3H5ClO/c35-25(5-38-18-33(2-1-27-12-45-27,19-40-7-28-13-46-28)20-41-8-29-14-47-29)3-37-4-26(36)6-39-21-34(22-42-9-30-15-48-30,23-43-10-31-16-49-31)24-44-11-32-17-50-32;1(13-5-22-13)18-9-17(10-19-2-14-6-23-14,11-20-3-15-7-24-15)12-21-4-16-8-25-16;15-7-14(8-16-1-11-4-19-11,9-17-2-12-5-20-12)10-18-3-13-6-21-13;6-1-5(2-7,3-8)4-9;4-1-3-2-5-3/h25-32,35-36H,1-24H2;13-16H,1-12H2;11-13,15H,1-10H2;6-9H,1-4H2;3H,1-2H2.